The lowest BCUT2D eigenvalue weighted by Crippen LogP contribution is -2.17. The molecule has 0 radical (unpaired) electrons. The summed E-state index contributed by atoms with van der Waals surface area (Å²) in [5.74, 6) is 2.16. The van der Waals surface area contributed by atoms with Crippen LogP contribution in [0.1, 0.15) is 12.3 Å². The standard InChI is InChI=1S/C20H17ClN2O4/c21-14-10-16-17(26-9-8-25-16)11-15(14)23-19(24)6-7-20-22-12-18(27-20)13-4-2-1-3-5-13/h1-5,10-12H,6-9H2,(H,23,24). The molecular formula is C20H17ClN2O4. The highest BCUT2D eigenvalue weighted by Gasteiger charge is 2.17. The van der Waals surface area contributed by atoms with Gasteiger partial charge >= 0.3 is 0 Å². The Balaban J connectivity index is 1.37. The Morgan fingerprint density at radius 1 is 1.11 bits per heavy atom. The van der Waals surface area contributed by atoms with E-state index in [0.29, 0.717) is 53.5 Å². The molecule has 138 valence electrons. The normalized spacial score (nSPS) is 12.6. The number of amides is 1. The quantitative estimate of drug-likeness (QED) is 0.708. The fourth-order valence-corrected chi connectivity index (χ4v) is 2.96. The summed E-state index contributed by atoms with van der Waals surface area (Å²) < 4.78 is 16.7. The maximum atomic E-state index is 12.3. The van der Waals surface area contributed by atoms with E-state index in [1.165, 1.54) is 0 Å². The molecule has 0 saturated carbocycles. The molecule has 0 aliphatic carbocycles. The van der Waals surface area contributed by atoms with Crippen molar-refractivity contribution in [3.63, 3.8) is 0 Å². The highest BCUT2D eigenvalue weighted by atomic mass is 35.5. The average molecular weight is 385 g/mol. The summed E-state index contributed by atoms with van der Waals surface area (Å²) in [5, 5.41) is 3.19. The summed E-state index contributed by atoms with van der Waals surface area (Å²) >= 11 is 6.21. The number of benzene rings is 2. The Labute approximate surface area is 161 Å². The number of carbonyl (C=O) groups is 1. The molecule has 27 heavy (non-hydrogen) atoms. The van der Waals surface area contributed by atoms with Crippen LogP contribution in [0, 0.1) is 0 Å². The van der Waals surface area contributed by atoms with E-state index in [-0.39, 0.29) is 12.3 Å². The summed E-state index contributed by atoms with van der Waals surface area (Å²) in [6, 6.07) is 13.0. The number of hydrogen-bond donors (Lipinski definition) is 1. The number of aromatic nitrogens is 1. The number of anilines is 1. The minimum absolute atomic E-state index is 0.187. The van der Waals surface area contributed by atoms with E-state index in [2.05, 4.69) is 10.3 Å². The smallest absolute Gasteiger partial charge is 0.224 e. The first kappa shape index (κ1) is 17.4. The van der Waals surface area contributed by atoms with Gasteiger partial charge in [-0.2, -0.15) is 0 Å². The van der Waals surface area contributed by atoms with Crippen molar-refractivity contribution in [2.24, 2.45) is 0 Å². The second-order valence-electron chi connectivity index (χ2n) is 6.01. The van der Waals surface area contributed by atoms with Crippen molar-refractivity contribution in [3.8, 4) is 22.8 Å². The molecule has 0 spiro atoms. The van der Waals surface area contributed by atoms with Gasteiger partial charge in [0.2, 0.25) is 5.91 Å². The van der Waals surface area contributed by atoms with Gasteiger partial charge in [-0.25, -0.2) is 4.98 Å². The van der Waals surface area contributed by atoms with Gasteiger partial charge in [0.1, 0.15) is 13.2 Å². The van der Waals surface area contributed by atoms with E-state index >= 15 is 0 Å². The Bertz CT molecular complexity index is 956. The van der Waals surface area contributed by atoms with Gasteiger partial charge in [-0.3, -0.25) is 4.79 Å². The monoisotopic (exact) mass is 384 g/mol. The minimum atomic E-state index is -0.187. The number of oxazole rings is 1. The van der Waals surface area contributed by atoms with Crippen LogP contribution < -0.4 is 14.8 Å². The predicted octanol–water partition coefficient (Wildman–Crippen LogP) is 4.34. The number of fused-ring (bicyclic) bond motifs is 1. The van der Waals surface area contributed by atoms with Crippen LogP contribution in [-0.2, 0) is 11.2 Å². The van der Waals surface area contributed by atoms with Crippen LogP contribution in [0.5, 0.6) is 11.5 Å². The summed E-state index contributed by atoms with van der Waals surface area (Å²) in [7, 11) is 0. The van der Waals surface area contributed by atoms with Gasteiger partial charge < -0.3 is 19.2 Å². The number of carbonyl (C=O) groups excluding carboxylic acids is 1. The average Bonchev–Trinajstić information content (AvgIpc) is 3.17. The number of halogens is 1. The first-order valence-electron chi connectivity index (χ1n) is 8.58. The van der Waals surface area contributed by atoms with Crippen molar-refractivity contribution in [2.45, 2.75) is 12.8 Å². The van der Waals surface area contributed by atoms with E-state index in [4.69, 9.17) is 25.5 Å². The van der Waals surface area contributed by atoms with Crippen molar-refractivity contribution < 1.29 is 18.7 Å². The van der Waals surface area contributed by atoms with Crippen LogP contribution in [0.4, 0.5) is 5.69 Å². The molecular weight excluding hydrogens is 368 g/mol. The summed E-state index contributed by atoms with van der Waals surface area (Å²) in [6.45, 7) is 0.950. The number of aryl methyl sites for hydroxylation is 1. The van der Waals surface area contributed by atoms with Gasteiger partial charge in [-0.05, 0) is 0 Å². The van der Waals surface area contributed by atoms with E-state index in [9.17, 15) is 4.79 Å². The van der Waals surface area contributed by atoms with E-state index in [0.717, 1.165) is 5.56 Å². The number of nitrogens with one attached hydrogen (secondary N) is 1. The minimum Gasteiger partial charge on any atom is -0.486 e. The number of hydrogen-bond acceptors (Lipinski definition) is 5. The Hall–Kier alpha value is -2.99. The fraction of sp³-hybridized carbons (Fsp3) is 0.200. The number of rotatable bonds is 5. The molecule has 4 rings (SSSR count). The van der Waals surface area contributed by atoms with Gasteiger partial charge in [0.05, 0.1) is 16.9 Å². The van der Waals surface area contributed by atoms with E-state index in [1.54, 1.807) is 18.3 Å². The van der Waals surface area contributed by atoms with Crippen LogP contribution >= 0.6 is 11.6 Å². The lowest BCUT2D eigenvalue weighted by Gasteiger charge is -2.20. The van der Waals surface area contributed by atoms with Crippen LogP contribution in [0.15, 0.2) is 53.1 Å². The van der Waals surface area contributed by atoms with Gasteiger partial charge in [0.25, 0.3) is 0 Å². The third-order valence-electron chi connectivity index (χ3n) is 4.08. The zero-order valence-electron chi connectivity index (χ0n) is 14.4. The third-order valence-corrected chi connectivity index (χ3v) is 4.40. The summed E-state index contributed by atoms with van der Waals surface area (Å²) in [6.07, 6.45) is 2.28. The third kappa shape index (κ3) is 4.06. The van der Waals surface area contributed by atoms with Gasteiger partial charge in [-0.1, -0.05) is 41.9 Å². The molecule has 7 heteroatoms. The lowest BCUT2D eigenvalue weighted by atomic mass is 10.2. The van der Waals surface area contributed by atoms with Crippen LogP contribution in [0.25, 0.3) is 11.3 Å². The van der Waals surface area contributed by atoms with Gasteiger partial charge in [-0.15, -0.1) is 0 Å². The molecule has 0 fully saturated rings. The Morgan fingerprint density at radius 3 is 2.63 bits per heavy atom. The zero-order chi connectivity index (χ0) is 18.6. The molecule has 1 aromatic heterocycles. The highest BCUT2D eigenvalue weighted by Crippen LogP contribution is 2.38. The van der Waals surface area contributed by atoms with Crippen molar-refractivity contribution in [1.29, 1.82) is 0 Å². The number of nitrogens with zero attached hydrogens (tertiary/aromatic N) is 1. The van der Waals surface area contributed by atoms with Crippen LogP contribution in [-0.4, -0.2) is 24.1 Å². The Morgan fingerprint density at radius 2 is 1.85 bits per heavy atom. The first-order valence-corrected chi connectivity index (χ1v) is 8.96. The molecule has 2 heterocycles. The molecule has 6 nitrogen and oxygen atoms in total. The summed E-state index contributed by atoms with van der Waals surface area (Å²) in [5.41, 5.74) is 1.44. The molecule has 2 aromatic carbocycles. The molecule has 1 aliphatic rings. The largest absolute Gasteiger partial charge is 0.486 e. The van der Waals surface area contributed by atoms with E-state index in [1.807, 2.05) is 30.3 Å². The second-order valence-corrected chi connectivity index (χ2v) is 6.42. The SMILES string of the molecule is O=C(CCc1ncc(-c2ccccc2)o1)Nc1cc2c(cc1Cl)OCCO2. The second kappa shape index (κ2) is 7.72. The van der Waals surface area contributed by atoms with Crippen molar-refractivity contribution >= 4 is 23.2 Å². The molecule has 0 bridgehead atoms. The van der Waals surface area contributed by atoms with Crippen molar-refractivity contribution in [2.75, 3.05) is 18.5 Å². The first-order chi connectivity index (χ1) is 13.2. The molecule has 1 N–H and O–H groups in total. The van der Waals surface area contributed by atoms with Crippen LogP contribution in [0.2, 0.25) is 5.02 Å². The topological polar surface area (TPSA) is 73.6 Å². The maximum Gasteiger partial charge on any atom is 0.224 e. The van der Waals surface area contributed by atoms with Crippen molar-refractivity contribution in [1.82, 2.24) is 4.98 Å². The zero-order valence-corrected chi connectivity index (χ0v) is 15.2. The molecule has 3 aromatic rings. The number of ether oxygens (including phenoxy) is 2. The maximum absolute atomic E-state index is 12.3. The molecule has 1 aliphatic heterocycles. The van der Waals surface area contributed by atoms with Crippen LogP contribution in [0.3, 0.4) is 0 Å². The molecule has 0 saturated heterocycles. The van der Waals surface area contributed by atoms with Crippen molar-refractivity contribution in [3.05, 3.63) is 59.6 Å². The molecule has 0 unspecified atom stereocenters. The van der Waals surface area contributed by atoms with Gasteiger partial charge in [0.15, 0.2) is 23.1 Å². The summed E-state index contributed by atoms with van der Waals surface area (Å²) in [4.78, 5) is 16.5. The Kier molecular flexibility index (Phi) is 4.98. The fourth-order valence-electron chi connectivity index (χ4n) is 2.75. The molecule has 0 atom stereocenters. The van der Waals surface area contributed by atoms with E-state index < -0.39 is 0 Å². The highest BCUT2D eigenvalue weighted by molar-refractivity contribution is 6.34. The van der Waals surface area contributed by atoms with Gasteiger partial charge in [0, 0.05) is 30.5 Å². The predicted molar refractivity (Wildman–Crippen MR) is 101 cm³/mol. The molecule has 1 amide bonds. The lowest BCUT2D eigenvalue weighted by molar-refractivity contribution is -0.116.